The normalized spacial score (nSPS) is 16.6. The fourth-order valence-electron chi connectivity index (χ4n) is 3.34. The number of rotatable bonds is 4. The molecule has 0 radical (unpaired) electrons. The number of hydrogen-bond acceptors (Lipinski definition) is 4. The molecule has 8 heteroatoms. The van der Waals surface area contributed by atoms with E-state index in [2.05, 4.69) is 4.98 Å². The first-order chi connectivity index (χ1) is 12.9. The molecule has 1 amide bonds. The number of carbonyl (C=O) groups excluding carboxylic acids is 1. The molecule has 1 unspecified atom stereocenters. The molecule has 0 bridgehead atoms. The summed E-state index contributed by atoms with van der Waals surface area (Å²) < 4.78 is 14.2. The van der Waals surface area contributed by atoms with Gasteiger partial charge in [-0.2, -0.15) is 0 Å². The monoisotopic (exact) mass is 404 g/mol. The Kier molecular flexibility index (Phi) is 4.57. The highest BCUT2D eigenvalue weighted by molar-refractivity contribution is 7.18. The molecule has 1 aromatic heterocycles. The van der Waals surface area contributed by atoms with Crippen LogP contribution in [0.3, 0.4) is 0 Å². The van der Waals surface area contributed by atoms with Gasteiger partial charge in [-0.15, -0.1) is 11.3 Å². The molecule has 1 aliphatic rings. The summed E-state index contributed by atoms with van der Waals surface area (Å²) in [6, 6.07) is 9.63. The molecule has 5 nitrogen and oxygen atoms in total. The maximum atomic E-state index is 13.4. The second kappa shape index (κ2) is 6.90. The minimum atomic E-state index is -1.01. The third kappa shape index (κ3) is 3.52. The van der Waals surface area contributed by atoms with Gasteiger partial charge in [-0.1, -0.05) is 17.7 Å². The summed E-state index contributed by atoms with van der Waals surface area (Å²) >= 11 is 7.48. The predicted octanol–water partition coefficient (Wildman–Crippen LogP) is 4.27. The Morgan fingerprint density at radius 1 is 1.33 bits per heavy atom. The Labute approximate surface area is 163 Å². The molecule has 2 aromatic carbocycles. The number of carboxylic acids is 1. The van der Waals surface area contributed by atoms with E-state index in [9.17, 15) is 14.0 Å². The molecular formula is C19H14ClFN2O3S. The van der Waals surface area contributed by atoms with E-state index in [4.69, 9.17) is 16.7 Å². The van der Waals surface area contributed by atoms with Crippen molar-refractivity contribution in [1.29, 1.82) is 0 Å². The summed E-state index contributed by atoms with van der Waals surface area (Å²) in [5.41, 5.74) is 2.07. The molecule has 2 heterocycles. The number of benzene rings is 2. The van der Waals surface area contributed by atoms with Crippen LogP contribution in [-0.4, -0.2) is 22.0 Å². The largest absolute Gasteiger partial charge is 0.481 e. The molecule has 0 saturated heterocycles. The fourth-order valence-corrected chi connectivity index (χ4v) is 4.44. The number of hydrogen-bond donors (Lipinski definition) is 1. The van der Waals surface area contributed by atoms with Gasteiger partial charge in [0.05, 0.1) is 29.1 Å². The topological polar surface area (TPSA) is 70.5 Å². The second-order valence-corrected chi connectivity index (χ2v) is 7.97. The van der Waals surface area contributed by atoms with Gasteiger partial charge >= 0.3 is 5.97 Å². The lowest BCUT2D eigenvalue weighted by Gasteiger charge is -2.33. The summed E-state index contributed by atoms with van der Waals surface area (Å²) in [5.74, 6) is -2.28. The third-order valence-electron chi connectivity index (χ3n) is 4.53. The molecule has 3 aromatic rings. The van der Waals surface area contributed by atoms with Gasteiger partial charge < -0.3 is 10.0 Å². The van der Waals surface area contributed by atoms with E-state index in [1.54, 1.807) is 18.2 Å². The van der Waals surface area contributed by atoms with Crippen molar-refractivity contribution >= 4 is 50.7 Å². The summed E-state index contributed by atoms with van der Waals surface area (Å²) in [6.07, 6.45) is 0.127. The Balaban J connectivity index is 1.72. The molecule has 4 rings (SSSR count). The number of thiazole rings is 1. The number of halogens is 2. The van der Waals surface area contributed by atoms with E-state index >= 15 is 0 Å². The molecule has 0 fully saturated rings. The van der Waals surface area contributed by atoms with E-state index in [1.807, 2.05) is 6.07 Å². The van der Waals surface area contributed by atoms with Gasteiger partial charge in [0, 0.05) is 16.8 Å². The van der Waals surface area contributed by atoms with E-state index in [0.717, 1.165) is 10.3 Å². The van der Waals surface area contributed by atoms with E-state index in [-0.39, 0.29) is 24.7 Å². The SMILES string of the molecule is O=C(O)CC1Cc2ccc(Cl)cc2N(Cc2nc3cc(F)ccc3s2)C1=O. The second-order valence-electron chi connectivity index (χ2n) is 6.42. The quantitative estimate of drug-likeness (QED) is 0.705. The zero-order valence-electron chi connectivity index (χ0n) is 14.0. The lowest BCUT2D eigenvalue weighted by molar-refractivity contribution is -0.140. The van der Waals surface area contributed by atoms with Gasteiger partial charge in [0.25, 0.3) is 0 Å². The first kappa shape index (κ1) is 17.9. The van der Waals surface area contributed by atoms with Gasteiger partial charge in [0.1, 0.15) is 10.8 Å². The van der Waals surface area contributed by atoms with Crippen molar-refractivity contribution < 1.29 is 19.1 Å². The number of carboxylic acid groups (broad SMARTS) is 1. The van der Waals surface area contributed by atoms with Crippen molar-refractivity contribution in [2.75, 3.05) is 4.90 Å². The van der Waals surface area contributed by atoms with Gasteiger partial charge in [-0.3, -0.25) is 9.59 Å². The van der Waals surface area contributed by atoms with Crippen LogP contribution in [0.15, 0.2) is 36.4 Å². The van der Waals surface area contributed by atoms with Gasteiger partial charge in [0.15, 0.2) is 0 Å². The maximum absolute atomic E-state index is 13.4. The van der Waals surface area contributed by atoms with E-state index < -0.39 is 11.9 Å². The van der Waals surface area contributed by atoms with Gasteiger partial charge in [-0.05, 0) is 36.2 Å². The summed E-state index contributed by atoms with van der Waals surface area (Å²) in [4.78, 5) is 30.1. The first-order valence-corrected chi connectivity index (χ1v) is 9.47. The maximum Gasteiger partial charge on any atom is 0.304 e. The number of amides is 1. The zero-order valence-corrected chi connectivity index (χ0v) is 15.6. The summed E-state index contributed by atoms with van der Waals surface area (Å²) in [5, 5.41) is 10.3. The lowest BCUT2D eigenvalue weighted by Crippen LogP contribution is -2.41. The molecular weight excluding hydrogens is 391 g/mol. The standard InChI is InChI=1S/C19H14ClFN2O3S/c20-12-2-1-10-5-11(6-18(24)25)19(26)23(15(10)7-12)9-17-22-14-8-13(21)3-4-16(14)27-17/h1-4,7-8,11H,5-6,9H2,(H,24,25). The molecule has 1 atom stereocenters. The molecule has 0 aliphatic carbocycles. The summed E-state index contributed by atoms with van der Waals surface area (Å²) in [7, 11) is 0. The van der Waals surface area contributed by atoms with Crippen LogP contribution < -0.4 is 4.90 Å². The highest BCUT2D eigenvalue weighted by atomic mass is 35.5. The van der Waals surface area contributed by atoms with Crippen LogP contribution in [0.25, 0.3) is 10.2 Å². The van der Waals surface area contributed by atoms with Crippen molar-refractivity contribution in [2.45, 2.75) is 19.4 Å². The third-order valence-corrected chi connectivity index (χ3v) is 5.78. The number of anilines is 1. The summed E-state index contributed by atoms with van der Waals surface area (Å²) in [6.45, 7) is 0.184. The van der Waals surface area contributed by atoms with Gasteiger partial charge in [-0.25, -0.2) is 9.37 Å². The van der Waals surface area contributed by atoms with E-state index in [1.165, 1.54) is 28.4 Å². The van der Waals surface area contributed by atoms with Crippen molar-refractivity contribution in [3.63, 3.8) is 0 Å². The number of carbonyl (C=O) groups is 2. The Hall–Kier alpha value is -2.51. The highest BCUT2D eigenvalue weighted by Crippen LogP contribution is 2.36. The minimum absolute atomic E-state index is 0.184. The zero-order chi connectivity index (χ0) is 19.1. The Morgan fingerprint density at radius 2 is 2.15 bits per heavy atom. The van der Waals surface area contributed by atoms with Crippen LogP contribution in [0, 0.1) is 11.7 Å². The number of aliphatic carboxylic acids is 1. The van der Waals surface area contributed by atoms with Crippen molar-refractivity contribution in [3.8, 4) is 0 Å². The van der Waals surface area contributed by atoms with Crippen LogP contribution in [-0.2, 0) is 22.6 Å². The number of aromatic nitrogens is 1. The van der Waals surface area contributed by atoms with Crippen LogP contribution in [0.1, 0.15) is 17.0 Å². The predicted molar refractivity (Wildman–Crippen MR) is 102 cm³/mol. The van der Waals surface area contributed by atoms with Crippen molar-refractivity contribution in [3.05, 3.63) is 57.8 Å². The lowest BCUT2D eigenvalue weighted by atomic mass is 9.89. The first-order valence-electron chi connectivity index (χ1n) is 8.27. The number of fused-ring (bicyclic) bond motifs is 2. The van der Waals surface area contributed by atoms with E-state index in [0.29, 0.717) is 27.7 Å². The fraction of sp³-hybridized carbons (Fsp3) is 0.211. The molecule has 0 spiro atoms. The van der Waals surface area contributed by atoms with Crippen molar-refractivity contribution in [1.82, 2.24) is 4.98 Å². The molecule has 27 heavy (non-hydrogen) atoms. The van der Waals surface area contributed by atoms with Crippen LogP contribution in [0.5, 0.6) is 0 Å². The average Bonchev–Trinajstić information content (AvgIpc) is 3.00. The van der Waals surface area contributed by atoms with Gasteiger partial charge in [0.2, 0.25) is 5.91 Å². The van der Waals surface area contributed by atoms with Crippen LogP contribution in [0.2, 0.25) is 5.02 Å². The highest BCUT2D eigenvalue weighted by Gasteiger charge is 2.34. The average molecular weight is 405 g/mol. The molecule has 0 saturated carbocycles. The number of nitrogens with zero attached hydrogens (tertiary/aromatic N) is 2. The molecule has 138 valence electrons. The van der Waals surface area contributed by atoms with Crippen LogP contribution in [0.4, 0.5) is 10.1 Å². The smallest absolute Gasteiger partial charge is 0.304 e. The molecule has 1 aliphatic heterocycles. The minimum Gasteiger partial charge on any atom is -0.481 e. The van der Waals surface area contributed by atoms with Crippen molar-refractivity contribution in [2.24, 2.45) is 5.92 Å². The van der Waals surface area contributed by atoms with Crippen LogP contribution >= 0.6 is 22.9 Å². The molecule has 1 N–H and O–H groups in total. The Morgan fingerprint density at radius 3 is 2.93 bits per heavy atom. The Bertz CT molecular complexity index is 1070.